The summed E-state index contributed by atoms with van der Waals surface area (Å²) < 4.78 is 3.09. The van der Waals surface area contributed by atoms with Crippen molar-refractivity contribution >= 4 is 17.0 Å². The number of aromatic nitrogens is 5. The fraction of sp³-hybridized carbons (Fsp3) is 0.167. The Morgan fingerprint density at radius 3 is 2.90 bits per heavy atom. The zero-order valence-corrected chi connectivity index (χ0v) is 10.4. The number of aromatic carboxylic acids is 1. The van der Waals surface area contributed by atoms with Crippen molar-refractivity contribution in [1.82, 2.24) is 24.5 Å². The summed E-state index contributed by atoms with van der Waals surface area (Å²) in [6.07, 6.45) is 3.25. The van der Waals surface area contributed by atoms with Crippen LogP contribution in [0.15, 0.2) is 35.4 Å². The molecule has 0 radical (unpaired) electrons. The van der Waals surface area contributed by atoms with E-state index in [-0.39, 0.29) is 11.3 Å². The standard InChI is InChI=1S/C12H11N5O3/c18-11(19)8-2-1-3-9-10(8)14-12(20)17(9)7-6-16-5-4-13-15-16/h1-5H,6-7H2,(H,14,20)(H,18,19). The first-order chi connectivity index (χ1) is 9.66. The van der Waals surface area contributed by atoms with Crippen LogP contribution >= 0.6 is 0 Å². The van der Waals surface area contributed by atoms with Gasteiger partial charge in [-0.2, -0.15) is 0 Å². The van der Waals surface area contributed by atoms with Gasteiger partial charge >= 0.3 is 11.7 Å². The van der Waals surface area contributed by atoms with Gasteiger partial charge in [0.1, 0.15) is 0 Å². The van der Waals surface area contributed by atoms with E-state index in [0.717, 1.165) is 0 Å². The Morgan fingerprint density at radius 2 is 2.20 bits per heavy atom. The lowest BCUT2D eigenvalue weighted by Crippen LogP contribution is -2.19. The van der Waals surface area contributed by atoms with Crippen LogP contribution in [0.25, 0.3) is 11.0 Å². The van der Waals surface area contributed by atoms with Gasteiger partial charge in [0, 0.05) is 12.7 Å². The maximum absolute atomic E-state index is 11.9. The molecule has 0 unspecified atom stereocenters. The van der Waals surface area contributed by atoms with Gasteiger partial charge in [-0.3, -0.25) is 9.25 Å². The Hall–Kier alpha value is -2.90. The van der Waals surface area contributed by atoms with Crippen LogP contribution in [-0.4, -0.2) is 35.6 Å². The third-order valence-corrected chi connectivity index (χ3v) is 3.07. The molecule has 8 nitrogen and oxygen atoms in total. The Kier molecular flexibility index (Phi) is 2.82. The quantitative estimate of drug-likeness (QED) is 0.712. The number of carbonyl (C=O) groups is 1. The van der Waals surface area contributed by atoms with Crippen molar-refractivity contribution in [3.8, 4) is 0 Å². The number of benzene rings is 1. The predicted octanol–water partition coefficient (Wildman–Crippen LogP) is 0.319. The monoisotopic (exact) mass is 273 g/mol. The molecule has 0 amide bonds. The highest BCUT2D eigenvalue weighted by Crippen LogP contribution is 2.15. The number of hydrogen-bond acceptors (Lipinski definition) is 4. The highest BCUT2D eigenvalue weighted by atomic mass is 16.4. The van der Waals surface area contributed by atoms with E-state index >= 15 is 0 Å². The number of aromatic amines is 1. The third kappa shape index (κ3) is 1.96. The van der Waals surface area contributed by atoms with Crippen LogP contribution in [-0.2, 0) is 13.1 Å². The molecule has 0 saturated heterocycles. The summed E-state index contributed by atoms with van der Waals surface area (Å²) in [6, 6.07) is 4.79. The van der Waals surface area contributed by atoms with Crippen molar-refractivity contribution in [3.05, 3.63) is 46.6 Å². The molecule has 0 aliphatic rings. The molecule has 102 valence electrons. The highest BCUT2D eigenvalue weighted by Gasteiger charge is 2.14. The number of aryl methyl sites for hydroxylation is 2. The smallest absolute Gasteiger partial charge is 0.337 e. The fourth-order valence-corrected chi connectivity index (χ4v) is 2.13. The maximum Gasteiger partial charge on any atom is 0.337 e. The molecule has 3 rings (SSSR count). The van der Waals surface area contributed by atoms with Gasteiger partial charge in [0.25, 0.3) is 0 Å². The second-order valence-corrected chi connectivity index (χ2v) is 4.25. The van der Waals surface area contributed by atoms with Crippen LogP contribution in [0.2, 0.25) is 0 Å². The molecule has 8 heteroatoms. The van der Waals surface area contributed by atoms with Gasteiger partial charge in [-0.1, -0.05) is 11.3 Å². The Bertz CT molecular complexity index is 815. The highest BCUT2D eigenvalue weighted by molar-refractivity contribution is 6.00. The SMILES string of the molecule is O=C(O)c1cccc2c1[nH]c(=O)n2CCn1ccnn1. The molecule has 0 fully saturated rings. The molecule has 0 bridgehead atoms. The minimum atomic E-state index is -1.07. The molecular formula is C12H11N5O3. The van der Waals surface area contributed by atoms with Gasteiger partial charge in [-0.15, -0.1) is 5.10 Å². The number of nitrogens with one attached hydrogen (secondary N) is 1. The number of H-pyrrole nitrogens is 1. The average molecular weight is 273 g/mol. The van der Waals surface area contributed by atoms with Gasteiger partial charge in [-0.05, 0) is 12.1 Å². The number of carboxylic acids is 1. The van der Waals surface area contributed by atoms with Crippen LogP contribution in [0.5, 0.6) is 0 Å². The molecule has 3 aromatic rings. The molecule has 0 atom stereocenters. The zero-order chi connectivity index (χ0) is 14.1. The van der Waals surface area contributed by atoms with Crippen LogP contribution in [0.4, 0.5) is 0 Å². The van der Waals surface area contributed by atoms with Gasteiger partial charge in [-0.25, -0.2) is 9.59 Å². The second kappa shape index (κ2) is 4.65. The molecule has 0 spiro atoms. The number of hydrogen-bond donors (Lipinski definition) is 2. The number of nitrogens with zero attached hydrogens (tertiary/aromatic N) is 4. The molecule has 2 N–H and O–H groups in total. The topological polar surface area (TPSA) is 106 Å². The van der Waals surface area contributed by atoms with Crippen molar-refractivity contribution in [2.24, 2.45) is 0 Å². The van der Waals surface area contributed by atoms with Crippen LogP contribution in [0.3, 0.4) is 0 Å². The summed E-state index contributed by atoms with van der Waals surface area (Å²) in [7, 11) is 0. The largest absolute Gasteiger partial charge is 0.478 e. The normalized spacial score (nSPS) is 11.0. The lowest BCUT2D eigenvalue weighted by atomic mass is 10.2. The van der Waals surface area contributed by atoms with Gasteiger partial charge in [0.2, 0.25) is 0 Å². The number of rotatable bonds is 4. The first kappa shape index (κ1) is 12.2. The third-order valence-electron chi connectivity index (χ3n) is 3.07. The molecule has 0 aliphatic carbocycles. The van der Waals surface area contributed by atoms with E-state index in [2.05, 4.69) is 15.3 Å². The average Bonchev–Trinajstić information content (AvgIpc) is 3.02. The lowest BCUT2D eigenvalue weighted by molar-refractivity contribution is 0.0699. The number of fused-ring (bicyclic) bond motifs is 1. The van der Waals surface area contributed by atoms with Crippen molar-refractivity contribution in [2.75, 3.05) is 0 Å². The maximum atomic E-state index is 11.9. The Morgan fingerprint density at radius 1 is 1.35 bits per heavy atom. The molecular weight excluding hydrogens is 262 g/mol. The Labute approximate surface area is 112 Å². The van der Waals surface area contributed by atoms with Gasteiger partial charge in [0.05, 0.1) is 29.3 Å². The van der Waals surface area contributed by atoms with Crippen molar-refractivity contribution in [2.45, 2.75) is 13.1 Å². The molecule has 0 aliphatic heterocycles. The summed E-state index contributed by atoms with van der Waals surface area (Å²) >= 11 is 0. The molecule has 2 aromatic heterocycles. The fourth-order valence-electron chi connectivity index (χ4n) is 2.13. The van der Waals surface area contributed by atoms with Crippen LogP contribution in [0, 0.1) is 0 Å². The van der Waals surface area contributed by atoms with E-state index in [4.69, 9.17) is 5.11 Å². The zero-order valence-electron chi connectivity index (χ0n) is 10.4. The molecule has 20 heavy (non-hydrogen) atoms. The first-order valence-electron chi connectivity index (χ1n) is 5.96. The minimum Gasteiger partial charge on any atom is -0.478 e. The van der Waals surface area contributed by atoms with E-state index in [1.165, 1.54) is 10.6 Å². The summed E-state index contributed by atoms with van der Waals surface area (Å²) in [4.78, 5) is 25.7. The molecule has 2 heterocycles. The van der Waals surface area contributed by atoms with E-state index in [0.29, 0.717) is 24.1 Å². The summed E-state index contributed by atoms with van der Waals surface area (Å²) in [5.41, 5.74) is 0.645. The lowest BCUT2D eigenvalue weighted by Gasteiger charge is -2.03. The molecule has 0 saturated carbocycles. The predicted molar refractivity (Wildman–Crippen MR) is 69.5 cm³/mol. The number of imidazole rings is 1. The summed E-state index contributed by atoms with van der Waals surface area (Å²) in [5.74, 6) is -1.07. The summed E-state index contributed by atoms with van der Waals surface area (Å²) in [6.45, 7) is 0.857. The van der Waals surface area contributed by atoms with Crippen LogP contribution < -0.4 is 5.69 Å². The second-order valence-electron chi connectivity index (χ2n) is 4.25. The molecule has 1 aromatic carbocycles. The van der Waals surface area contributed by atoms with Gasteiger partial charge in [0.15, 0.2) is 0 Å². The van der Waals surface area contributed by atoms with Crippen molar-refractivity contribution in [3.63, 3.8) is 0 Å². The summed E-state index contributed by atoms with van der Waals surface area (Å²) in [5, 5.41) is 16.6. The van der Waals surface area contributed by atoms with E-state index < -0.39 is 5.97 Å². The van der Waals surface area contributed by atoms with E-state index in [1.54, 1.807) is 29.2 Å². The van der Waals surface area contributed by atoms with Crippen molar-refractivity contribution < 1.29 is 9.90 Å². The van der Waals surface area contributed by atoms with Crippen LogP contribution in [0.1, 0.15) is 10.4 Å². The van der Waals surface area contributed by atoms with E-state index in [1.807, 2.05) is 0 Å². The number of para-hydroxylation sites is 1. The van der Waals surface area contributed by atoms with Gasteiger partial charge < -0.3 is 10.1 Å². The number of carboxylic acid groups (broad SMARTS) is 1. The van der Waals surface area contributed by atoms with E-state index in [9.17, 15) is 9.59 Å². The van der Waals surface area contributed by atoms with Crippen molar-refractivity contribution in [1.29, 1.82) is 0 Å². The first-order valence-corrected chi connectivity index (χ1v) is 5.96. The minimum absolute atomic E-state index is 0.0825. The Balaban J connectivity index is 2.03.